The van der Waals surface area contributed by atoms with Gasteiger partial charge in [0.1, 0.15) is 0 Å². The number of hydrogen-bond acceptors (Lipinski definition) is 4. The third-order valence-corrected chi connectivity index (χ3v) is 2.93. The van der Waals surface area contributed by atoms with E-state index < -0.39 is 0 Å². The van der Waals surface area contributed by atoms with Crippen molar-refractivity contribution in [3.63, 3.8) is 0 Å². The lowest BCUT2D eigenvalue weighted by atomic mass is 10.1. The first kappa shape index (κ1) is 14.0. The van der Waals surface area contributed by atoms with Crippen molar-refractivity contribution in [2.45, 2.75) is 6.42 Å². The Labute approximate surface area is 117 Å². The smallest absolute Gasteiger partial charge is 0.255 e. The van der Waals surface area contributed by atoms with Crippen molar-refractivity contribution in [3.8, 4) is 11.8 Å². The summed E-state index contributed by atoms with van der Waals surface area (Å²) in [5.74, 6) is 5.20. The highest BCUT2D eigenvalue weighted by atomic mass is 16.2. The Balaban J connectivity index is 2.26. The van der Waals surface area contributed by atoms with Gasteiger partial charge in [-0.25, -0.2) is 0 Å². The van der Waals surface area contributed by atoms with Crippen LogP contribution in [-0.4, -0.2) is 47.9 Å². The first-order valence-corrected chi connectivity index (χ1v) is 6.41. The molecule has 0 unspecified atom stereocenters. The van der Waals surface area contributed by atoms with Gasteiger partial charge in [0.15, 0.2) is 0 Å². The van der Waals surface area contributed by atoms with Gasteiger partial charge in [-0.3, -0.25) is 14.6 Å². The van der Waals surface area contributed by atoms with Gasteiger partial charge in [-0.1, -0.05) is 11.8 Å². The van der Waals surface area contributed by atoms with Gasteiger partial charge < -0.3 is 16.0 Å². The predicted octanol–water partition coefficient (Wildman–Crippen LogP) is -0.646. The van der Waals surface area contributed by atoms with E-state index in [-0.39, 0.29) is 24.9 Å². The largest absolute Gasteiger partial charge is 0.354 e. The summed E-state index contributed by atoms with van der Waals surface area (Å²) in [6.45, 7) is 1.43. The molecule has 1 fully saturated rings. The molecule has 0 aliphatic carbocycles. The number of nitrogens with zero attached hydrogens (tertiary/aromatic N) is 2. The maximum atomic E-state index is 12.5. The zero-order valence-corrected chi connectivity index (χ0v) is 11.1. The fraction of sp³-hybridized carbons (Fsp3) is 0.357. The Kier molecular flexibility index (Phi) is 4.69. The minimum Gasteiger partial charge on any atom is -0.354 e. The van der Waals surface area contributed by atoms with Crippen molar-refractivity contribution in [3.05, 3.63) is 29.6 Å². The molecule has 0 aromatic carbocycles. The van der Waals surface area contributed by atoms with Gasteiger partial charge in [-0.2, -0.15) is 0 Å². The third kappa shape index (κ3) is 3.33. The molecule has 104 valence electrons. The van der Waals surface area contributed by atoms with Crippen molar-refractivity contribution >= 4 is 11.8 Å². The predicted molar refractivity (Wildman–Crippen MR) is 73.7 cm³/mol. The average molecular weight is 272 g/mol. The van der Waals surface area contributed by atoms with E-state index in [1.165, 1.54) is 11.1 Å². The number of nitrogens with two attached hydrogens (primary N) is 1. The van der Waals surface area contributed by atoms with Crippen LogP contribution in [0.25, 0.3) is 0 Å². The fourth-order valence-electron chi connectivity index (χ4n) is 1.98. The van der Waals surface area contributed by atoms with Crippen LogP contribution >= 0.6 is 0 Å². The zero-order chi connectivity index (χ0) is 14.4. The SMILES string of the molecule is NCC#Cc1cnccc1C(=O)N1CCCNC(=O)C1. The maximum Gasteiger partial charge on any atom is 0.255 e. The summed E-state index contributed by atoms with van der Waals surface area (Å²) in [5, 5.41) is 2.74. The average Bonchev–Trinajstić information content (AvgIpc) is 2.69. The molecule has 1 aromatic rings. The Morgan fingerprint density at radius 1 is 1.55 bits per heavy atom. The van der Waals surface area contributed by atoms with Crippen LogP contribution in [0.4, 0.5) is 0 Å². The number of rotatable bonds is 1. The van der Waals surface area contributed by atoms with E-state index in [1.807, 2.05) is 0 Å². The summed E-state index contributed by atoms with van der Waals surface area (Å²) in [4.78, 5) is 29.5. The van der Waals surface area contributed by atoms with Crippen LogP contribution in [0.5, 0.6) is 0 Å². The highest BCUT2D eigenvalue weighted by Crippen LogP contribution is 2.11. The summed E-state index contributed by atoms with van der Waals surface area (Å²) in [5.41, 5.74) is 6.33. The van der Waals surface area contributed by atoms with E-state index >= 15 is 0 Å². The summed E-state index contributed by atoms with van der Waals surface area (Å²) in [6.07, 6.45) is 3.82. The van der Waals surface area contributed by atoms with Gasteiger partial charge in [-0.05, 0) is 12.5 Å². The molecule has 1 saturated heterocycles. The molecular weight excluding hydrogens is 256 g/mol. The third-order valence-electron chi connectivity index (χ3n) is 2.93. The molecule has 2 amide bonds. The number of carbonyl (C=O) groups is 2. The lowest BCUT2D eigenvalue weighted by Crippen LogP contribution is -2.37. The summed E-state index contributed by atoms with van der Waals surface area (Å²) in [7, 11) is 0. The van der Waals surface area contributed by atoms with E-state index in [0.29, 0.717) is 24.2 Å². The number of nitrogens with one attached hydrogen (secondary N) is 1. The normalized spacial score (nSPS) is 14.8. The van der Waals surface area contributed by atoms with Crippen LogP contribution in [0.2, 0.25) is 0 Å². The van der Waals surface area contributed by atoms with E-state index in [4.69, 9.17) is 5.73 Å². The Morgan fingerprint density at radius 2 is 2.40 bits per heavy atom. The first-order valence-electron chi connectivity index (χ1n) is 6.41. The number of carbonyl (C=O) groups excluding carboxylic acids is 2. The van der Waals surface area contributed by atoms with Crippen LogP contribution in [0.1, 0.15) is 22.3 Å². The van der Waals surface area contributed by atoms with Crippen molar-refractivity contribution in [2.24, 2.45) is 5.73 Å². The van der Waals surface area contributed by atoms with E-state index in [9.17, 15) is 9.59 Å². The topological polar surface area (TPSA) is 88.3 Å². The monoisotopic (exact) mass is 272 g/mol. The second-order valence-electron chi connectivity index (χ2n) is 4.36. The lowest BCUT2D eigenvalue weighted by Gasteiger charge is -2.19. The van der Waals surface area contributed by atoms with Crippen LogP contribution in [0, 0.1) is 11.8 Å². The Bertz CT molecular complexity index is 574. The Morgan fingerprint density at radius 3 is 3.20 bits per heavy atom. The maximum absolute atomic E-state index is 12.5. The molecule has 2 heterocycles. The highest BCUT2D eigenvalue weighted by Gasteiger charge is 2.22. The van der Waals surface area contributed by atoms with Gasteiger partial charge in [0.25, 0.3) is 5.91 Å². The second kappa shape index (κ2) is 6.68. The van der Waals surface area contributed by atoms with Gasteiger partial charge in [0.2, 0.25) is 5.91 Å². The van der Waals surface area contributed by atoms with Crippen molar-refractivity contribution in [1.82, 2.24) is 15.2 Å². The molecule has 6 heteroatoms. The van der Waals surface area contributed by atoms with Crippen LogP contribution in [0.3, 0.4) is 0 Å². The zero-order valence-electron chi connectivity index (χ0n) is 11.1. The molecule has 0 saturated carbocycles. The van der Waals surface area contributed by atoms with Crippen molar-refractivity contribution in [2.75, 3.05) is 26.2 Å². The standard InChI is InChI=1S/C14H16N4O2/c15-5-1-3-11-9-16-7-4-12(11)14(20)18-8-2-6-17-13(19)10-18/h4,7,9H,2,5-6,8,10,15H2,(H,17,19). The molecule has 2 rings (SSSR count). The summed E-state index contributed by atoms with van der Waals surface area (Å²) < 4.78 is 0. The van der Waals surface area contributed by atoms with Gasteiger partial charge in [0, 0.05) is 25.5 Å². The van der Waals surface area contributed by atoms with Crippen molar-refractivity contribution in [1.29, 1.82) is 0 Å². The number of aromatic nitrogens is 1. The molecule has 1 aromatic heterocycles. The molecule has 1 aliphatic heterocycles. The number of hydrogen-bond donors (Lipinski definition) is 2. The first-order chi connectivity index (χ1) is 9.72. The van der Waals surface area contributed by atoms with E-state index in [0.717, 1.165) is 6.42 Å². The quantitative estimate of drug-likeness (QED) is 0.665. The Hall–Kier alpha value is -2.39. The number of pyridine rings is 1. The molecule has 3 N–H and O–H groups in total. The van der Waals surface area contributed by atoms with Crippen LogP contribution < -0.4 is 11.1 Å². The van der Waals surface area contributed by atoms with Crippen LogP contribution in [-0.2, 0) is 4.79 Å². The summed E-state index contributed by atoms with van der Waals surface area (Å²) >= 11 is 0. The number of amides is 2. The fourth-order valence-corrected chi connectivity index (χ4v) is 1.98. The molecule has 0 radical (unpaired) electrons. The summed E-state index contributed by atoms with van der Waals surface area (Å²) in [6, 6.07) is 1.62. The molecule has 0 spiro atoms. The molecular formula is C14H16N4O2. The molecule has 20 heavy (non-hydrogen) atoms. The second-order valence-corrected chi connectivity index (χ2v) is 4.36. The lowest BCUT2D eigenvalue weighted by molar-refractivity contribution is -0.121. The highest BCUT2D eigenvalue weighted by molar-refractivity contribution is 5.98. The van der Waals surface area contributed by atoms with Gasteiger partial charge in [0.05, 0.1) is 24.2 Å². The molecule has 6 nitrogen and oxygen atoms in total. The van der Waals surface area contributed by atoms with Crippen LogP contribution in [0.15, 0.2) is 18.5 Å². The van der Waals surface area contributed by atoms with Gasteiger partial charge in [-0.15, -0.1) is 0 Å². The van der Waals surface area contributed by atoms with Crippen molar-refractivity contribution < 1.29 is 9.59 Å². The van der Waals surface area contributed by atoms with E-state index in [1.54, 1.807) is 12.3 Å². The van der Waals surface area contributed by atoms with E-state index in [2.05, 4.69) is 22.1 Å². The minimum absolute atomic E-state index is 0.0743. The molecule has 0 bridgehead atoms. The van der Waals surface area contributed by atoms with Gasteiger partial charge >= 0.3 is 0 Å². The molecule has 0 atom stereocenters. The minimum atomic E-state index is -0.203. The molecule has 1 aliphatic rings.